The van der Waals surface area contributed by atoms with E-state index in [2.05, 4.69) is 16.2 Å². The molecule has 0 bridgehead atoms. The Labute approximate surface area is 152 Å². The molecule has 2 unspecified atom stereocenters. The summed E-state index contributed by atoms with van der Waals surface area (Å²) in [6.45, 7) is 4.53. The summed E-state index contributed by atoms with van der Waals surface area (Å²) >= 11 is 5.95. The van der Waals surface area contributed by atoms with E-state index in [1.54, 1.807) is 6.07 Å². The van der Waals surface area contributed by atoms with Crippen LogP contribution in [0.25, 0.3) is 0 Å². The number of amides is 1. The number of hydrogen-bond donors (Lipinski definition) is 3. The molecule has 1 aliphatic rings. The molecule has 0 aromatic heterocycles. The van der Waals surface area contributed by atoms with Gasteiger partial charge in [-0.3, -0.25) is 4.79 Å². The molecule has 0 saturated carbocycles. The van der Waals surface area contributed by atoms with Crippen LogP contribution in [0.1, 0.15) is 30.5 Å². The van der Waals surface area contributed by atoms with Gasteiger partial charge < -0.3 is 10.1 Å². The number of ether oxygens (including phenoxy) is 1. The van der Waals surface area contributed by atoms with Crippen molar-refractivity contribution in [3.8, 4) is 5.75 Å². The maximum atomic E-state index is 12.5. The molecule has 0 aliphatic carbocycles. The quantitative estimate of drug-likeness (QED) is 0.763. The van der Waals surface area contributed by atoms with E-state index in [4.69, 9.17) is 16.3 Å². The Morgan fingerprint density at radius 1 is 1.24 bits per heavy atom. The molecule has 2 aromatic carbocycles. The summed E-state index contributed by atoms with van der Waals surface area (Å²) in [6.07, 6.45) is 0.673. The Kier molecular flexibility index (Phi) is 5.58. The minimum absolute atomic E-state index is 0.0636. The first-order valence-electron chi connectivity index (χ1n) is 8.37. The molecule has 2 aromatic rings. The molecular weight excluding hydrogens is 338 g/mol. The van der Waals surface area contributed by atoms with Crippen LogP contribution in [0.5, 0.6) is 5.75 Å². The van der Waals surface area contributed by atoms with Gasteiger partial charge in [0, 0.05) is 16.8 Å². The van der Waals surface area contributed by atoms with Crippen molar-refractivity contribution in [1.82, 2.24) is 10.9 Å². The summed E-state index contributed by atoms with van der Waals surface area (Å²) < 4.78 is 5.46. The Bertz CT molecular complexity index is 749. The molecule has 1 amide bonds. The minimum Gasteiger partial charge on any atom is -0.494 e. The normalized spacial score (nSPS) is 19.6. The molecule has 1 fully saturated rings. The molecule has 0 radical (unpaired) electrons. The lowest BCUT2D eigenvalue weighted by Crippen LogP contribution is -2.39. The fraction of sp³-hybridized carbons (Fsp3) is 0.316. The van der Waals surface area contributed by atoms with E-state index in [0.29, 0.717) is 18.1 Å². The van der Waals surface area contributed by atoms with Crippen molar-refractivity contribution in [2.45, 2.75) is 32.4 Å². The standard InChI is InChI=1S/C19H22ClN3O2/c1-3-25-15-7-4-13(5-8-15)17-11-18(23-22-17)19(24)21-16-9-6-14(20)10-12(16)2/h4-10,17-18,22-23H,3,11H2,1-2H3,(H,21,24). The summed E-state index contributed by atoms with van der Waals surface area (Å²) in [7, 11) is 0. The largest absolute Gasteiger partial charge is 0.494 e. The molecule has 2 atom stereocenters. The summed E-state index contributed by atoms with van der Waals surface area (Å²) in [5, 5.41) is 3.62. The molecule has 132 valence electrons. The van der Waals surface area contributed by atoms with Crippen LogP contribution < -0.4 is 20.9 Å². The van der Waals surface area contributed by atoms with Gasteiger partial charge in [0.05, 0.1) is 6.61 Å². The van der Waals surface area contributed by atoms with Gasteiger partial charge in [-0.15, -0.1) is 0 Å². The predicted molar refractivity (Wildman–Crippen MR) is 99.8 cm³/mol. The number of hydrogen-bond acceptors (Lipinski definition) is 4. The summed E-state index contributed by atoms with van der Waals surface area (Å²) in [5.41, 5.74) is 9.11. The van der Waals surface area contributed by atoms with Crippen LogP contribution in [-0.4, -0.2) is 18.6 Å². The van der Waals surface area contributed by atoms with Gasteiger partial charge in [0.2, 0.25) is 5.91 Å². The third-order valence-electron chi connectivity index (χ3n) is 4.26. The summed E-state index contributed by atoms with van der Waals surface area (Å²) in [4.78, 5) is 12.5. The van der Waals surface area contributed by atoms with Crippen LogP contribution in [-0.2, 0) is 4.79 Å². The zero-order valence-corrected chi connectivity index (χ0v) is 15.1. The third-order valence-corrected chi connectivity index (χ3v) is 4.49. The predicted octanol–water partition coefficient (Wildman–Crippen LogP) is 3.59. The average Bonchev–Trinajstić information content (AvgIpc) is 3.08. The van der Waals surface area contributed by atoms with E-state index in [1.807, 2.05) is 50.2 Å². The van der Waals surface area contributed by atoms with Crippen molar-refractivity contribution < 1.29 is 9.53 Å². The number of benzene rings is 2. The maximum absolute atomic E-state index is 12.5. The van der Waals surface area contributed by atoms with Gasteiger partial charge in [-0.1, -0.05) is 23.7 Å². The number of halogens is 1. The maximum Gasteiger partial charge on any atom is 0.242 e. The zero-order chi connectivity index (χ0) is 17.8. The molecule has 0 spiro atoms. The van der Waals surface area contributed by atoms with Crippen LogP contribution >= 0.6 is 11.6 Å². The molecule has 25 heavy (non-hydrogen) atoms. The molecule has 5 nitrogen and oxygen atoms in total. The minimum atomic E-state index is -0.299. The second-order valence-electron chi connectivity index (χ2n) is 6.08. The fourth-order valence-electron chi connectivity index (χ4n) is 2.90. The Hall–Kier alpha value is -2.08. The lowest BCUT2D eigenvalue weighted by Gasteiger charge is -2.13. The third kappa shape index (κ3) is 4.31. The van der Waals surface area contributed by atoms with Crippen molar-refractivity contribution in [2.75, 3.05) is 11.9 Å². The van der Waals surface area contributed by atoms with E-state index >= 15 is 0 Å². The summed E-state index contributed by atoms with van der Waals surface area (Å²) in [6, 6.07) is 13.2. The van der Waals surface area contributed by atoms with Crippen LogP contribution in [0.3, 0.4) is 0 Å². The average molecular weight is 360 g/mol. The monoisotopic (exact) mass is 359 g/mol. The van der Waals surface area contributed by atoms with Gasteiger partial charge in [0.25, 0.3) is 0 Å². The molecule has 6 heteroatoms. The number of aryl methyl sites for hydroxylation is 1. The van der Waals surface area contributed by atoms with Gasteiger partial charge in [-0.25, -0.2) is 10.9 Å². The highest BCUT2D eigenvalue weighted by molar-refractivity contribution is 6.30. The molecule has 1 heterocycles. The number of carbonyl (C=O) groups excluding carboxylic acids is 1. The van der Waals surface area contributed by atoms with Crippen LogP contribution in [0.15, 0.2) is 42.5 Å². The van der Waals surface area contributed by atoms with E-state index in [1.165, 1.54) is 0 Å². The van der Waals surface area contributed by atoms with E-state index in [9.17, 15) is 4.79 Å². The molecule has 3 N–H and O–H groups in total. The molecule has 1 aliphatic heterocycles. The van der Waals surface area contributed by atoms with Gasteiger partial charge in [0.1, 0.15) is 11.8 Å². The highest BCUT2D eigenvalue weighted by atomic mass is 35.5. The second-order valence-corrected chi connectivity index (χ2v) is 6.52. The topological polar surface area (TPSA) is 62.4 Å². The highest BCUT2D eigenvalue weighted by Crippen LogP contribution is 2.26. The Balaban J connectivity index is 1.60. The fourth-order valence-corrected chi connectivity index (χ4v) is 3.12. The lowest BCUT2D eigenvalue weighted by atomic mass is 10.0. The van der Waals surface area contributed by atoms with Crippen molar-refractivity contribution in [1.29, 1.82) is 0 Å². The van der Waals surface area contributed by atoms with E-state index < -0.39 is 0 Å². The van der Waals surface area contributed by atoms with Crippen molar-refractivity contribution >= 4 is 23.2 Å². The van der Waals surface area contributed by atoms with Gasteiger partial charge in [-0.05, 0) is 61.7 Å². The van der Waals surface area contributed by atoms with E-state index in [-0.39, 0.29) is 18.0 Å². The summed E-state index contributed by atoms with van der Waals surface area (Å²) in [5.74, 6) is 0.788. The molecular formula is C19H22ClN3O2. The van der Waals surface area contributed by atoms with Gasteiger partial charge >= 0.3 is 0 Å². The number of anilines is 1. The molecule has 1 saturated heterocycles. The van der Waals surface area contributed by atoms with Crippen molar-refractivity contribution in [3.63, 3.8) is 0 Å². The lowest BCUT2D eigenvalue weighted by molar-refractivity contribution is -0.117. The number of rotatable bonds is 5. The van der Waals surface area contributed by atoms with Gasteiger partial charge in [0.15, 0.2) is 0 Å². The first kappa shape index (κ1) is 17.7. The molecule has 3 rings (SSSR count). The van der Waals surface area contributed by atoms with Gasteiger partial charge in [-0.2, -0.15) is 0 Å². The highest BCUT2D eigenvalue weighted by Gasteiger charge is 2.30. The van der Waals surface area contributed by atoms with Crippen molar-refractivity contribution in [3.05, 3.63) is 58.6 Å². The van der Waals surface area contributed by atoms with Crippen LogP contribution in [0.4, 0.5) is 5.69 Å². The Morgan fingerprint density at radius 3 is 2.68 bits per heavy atom. The first-order valence-corrected chi connectivity index (χ1v) is 8.75. The zero-order valence-electron chi connectivity index (χ0n) is 14.3. The number of nitrogens with one attached hydrogen (secondary N) is 3. The van der Waals surface area contributed by atoms with Crippen LogP contribution in [0, 0.1) is 6.92 Å². The smallest absolute Gasteiger partial charge is 0.242 e. The van der Waals surface area contributed by atoms with E-state index in [0.717, 1.165) is 22.6 Å². The SMILES string of the molecule is CCOc1ccc(C2CC(C(=O)Nc3ccc(Cl)cc3C)NN2)cc1. The Morgan fingerprint density at radius 2 is 2.00 bits per heavy atom. The van der Waals surface area contributed by atoms with Crippen molar-refractivity contribution in [2.24, 2.45) is 0 Å². The number of carbonyl (C=O) groups is 1. The number of hydrazine groups is 1. The van der Waals surface area contributed by atoms with Crippen LogP contribution in [0.2, 0.25) is 5.02 Å². The first-order chi connectivity index (χ1) is 12.1. The second kappa shape index (κ2) is 7.87.